The molecule has 13 heavy (non-hydrogen) atoms. The van der Waals surface area contributed by atoms with Gasteiger partial charge in [-0.25, -0.2) is 4.39 Å². The van der Waals surface area contributed by atoms with E-state index in [-0.39, 0.29) is 11.3 Å². The quantitative estimate of drug-likeness (QED) is 0.575. The summed E-state index contributed by atoms with van der Waals surface area (Å²) >= 11 is 0. The van der Waals surface area contributed by atoms with Gasteiger partial charge in [0.25, 0.3) is 0 Å². The molecular formula is C9H10FNO2. The highest BCUT2D eigenvalue weighted by Gasteiger charge is 2.11. The molecule has 4 heteroatoms. The molecule has 0 radical (unpaired) electrons. The molecule has 0 atom stereocenters. The maximum absolute atomic E-state index is 13.1. The standard InChI is InChI=1S/C9H10FNO2/c1-6(12)9-7(10)4-3-5-8(9)11-13-2/h3-5,11H,1-2H3. The van der Waals surface area contributed by atoms with Crippen LogP contribution in [0.5, 0.6) is 0 Å². The molecule has 70 valence electrons. The summed E-state index contributed by atoms with van der Waals surface area (Å²) < 4.78 is 13.1. The van der Waals surface area contributed by atoms with Gasteiger partial charge in [0, 0.05) is 0 Å². The van der Waals surface area contributed by atoms with Gasteiger partial charge in [0.05, 0.1) is 18.4 Å². The molecular weight excluding hydrogens is 173 g/mol. The van der Waals surface area contributed by atoms with Gasteiger partial charge in [0.1, 0.15) is 5.82 Å². The predicted molar refractivity (Wildman–Crippen MR) is 47.0 cm³/mol. The first-order chi connectivity index (χ1) is 6.16. The number of anilines is 1. The van der Waals surface area contributed by atoms with Gasteiger partial charge in [0.2, 0.25) is 0 Å². The number of rotatable bonds is 3. The van der Waals surface area contributed by atoms with Crippen molar-refractivity contribution in [3.63, 3.8) is 0 Å². The Balaban J connectivity index is 3.17. The Kier molecular flexibility index (Phi) is 2.97. The van der Waals surface area contributed by atoms with E-state index in [1.165, 1.54) is 26.2 Å². The number of hydrogen-bond donors (Lipinski definition) is 1. The SMILES string of the molecule is CONc1cccc(F)c1C(C)=O. The zero-order valence-electron chi connectivity index (χ0n) is 7.43. The van der Waals surface area contributed by atoms with Gasteiger partial charge in [-0.3, -0.25) is 15.1 Å². The number of hydrogen-bond acceptors (Lipinski definition) is 3. The van der Waals surface area contributed by atoms with Gasteiger partial charge in [-0.05, 0) is 19.1 Å². The monoisotopic (exact) mass is 183 g/mol. The molecule has 0 aliphatic rings. The molecule has 0 unspecified atom stereocenters. The molecule has 0 heterocycles. The van der Waals surface area contributed by atoms with Crippen LogP contribution in [0.2, 0.25) is 0 Å². The van der Waals surface area contributed by atoms with E-state index in [1.54, 1.807) is 6.07 Å². The third kappa shape index (κ3) is 2.03. The summed E-state index contributed by atoms with van der Waals surface area (Å²) in [6, 6.07) is 4.31. The average Bonchev–Trinajstić information content (AvgIpc) is 2.04. The zero-order chi connectivity index (χ0) is 9.84. The summed E-state index contributed by atoms with van der Waals surface area (Å²) in [6.07, 6.45) is 0. The number of ketones is 1. The van der Waals surface area contributed by atoms with E-state index < -0.39 is 5.82 Å². The van der Waals surface area contributed by atoms with Crippen molar-refractivity contribution in [2.24, 2.45) is 0 Å². The molecule has 0 bridgehead atoms. The van der Waals surface area contributed by atoms with Crippen LogP contribution in [-0.2, 0) is 4.84 Å². The van der Waals surface area contributed by atoms with E-state index >= 15 is 0 Å². The lowest BCUT2D eigenvalue weighted by Crippen LogP contribution is -2.05. The first-order valence-electron chi connectivity index (χ1n) is 3.75. The summed E-state index contributed by atoms with van der Waals surface area (Å²) in [5.74, 6) is -0.882. The van der Waals surface area contributed by atoms with Gasteiger partial charge in [-0.1, -0.05) is 6.07 Å². The van der Waals surface area contributed by atoms with E-state index in [2.05, 4.69) is 10.3 Å². The van der Waals surface area contributed by atoms with Gasteiger partial charge < -0.3 is 0 Å². The lowest BCUT2D eigenvalue weighted by atomic mass is 10.1. The van der Waals surface area contributed by atoms with Crippen molar-refractivity contribution in [1.29, 1.82) is 0 Å². The van der Waals surface area contributed by atoms with Crippen molar-refractivity contribution in [1.82, 2.24) is 0 Å². The molecule has 0 aromatic heterocycles. The summed E-state index contributed by atoms with van der Waals surface area (Å²) in [7, 11) is 1.40. The minimum atomic E-state index is -0.547. The minimum absolute atomic E-state index is 0.0179. The first kappa shape index (κ1) is 9.67. The third-order valence-electron chi connectivity index (χ3n) is 1.58. The molecule has 0 amide bonds. The fourth-order valence-corrected chi connectivity index (χ4v) is 1.08. The fourth-order valence-electron chi connectivity index (χ4n) is 1.08. The summed E-state index contributed by atoms with van der Waals surface area (Å²) in [4.78, 5) is 15.6. The predicted octanol–water partition coefficient (Wildman–Crippen LogP) is 2.00. The number of carbonyl (C=O) groups excluding carboxylic acids is 1. The summed E-state index contributed by atoms with van der Waals surface area (Å²) in [6.45, 7) is 1.30. The van der Waals surface area contributed by atoms with Crippen LogP contribution in [-0.4, -0.2) is 12.9 Å². The van der Waals surface area contributed by atoms with E-state index in [9.17, 15) is 9.18 Å². The van der Waals surface area contributed by atoms with Crippen molar-refractivity contribution < 1.29 is 14.0 Å². The van der Waals surface area contributed by atoms with Crippen LogP contribution in [0, 0.1) is 5.82 Å². The number of benzene rings is 1. The Morgan fingerprint density at radius 3 is 2.77 bits per heavy atom. The molecule has 1 aromatic rings. The normalized spacial score (nSPS) is 9.77. The molecule has 0 saturated carbocycles. The van der Waals surface area contributed by atoms with Crippen LogP contribution in [0.25, 0.3) is 0 Å². The smallest absolute Gasteiger partial charge is 0.164 e. The van der Waals surface area contributed by atoms with Crippen LogP contribution in [0.3, 0.4) is 0 Å². The minimum Gasteiger partial charge on any atom is -0.294 e. The second-order valence-electron chi connectivity index (χ2n) is 2.52. The van der Waals surface area contributed by atoms with Crippen LogP contribution in [0.15, 0.2) is 18.2 Å². The van der Waals surface area contributed by atoms with Crippen molar-refractivity contribution in [2.45, 2.75) is 6.92 Å². The zero-order valence-corrected chi connectivity index (χ0v) is 7.43. The van der Waals surface area contributed by atoms with Crippen LogP contribution in [0.4, 0.5) is 10.1 Å². The van der Waals surface area contributed by atoms with Gasteiger partial charge in [-0.15, -0.1) is 0 Å². The Labute approximate surface area is 75.5 Å². The van der Waals surface area contributed by atoms with Crippen molar-refractivity contribution in [2.75, 3.05) is 12.6 Å². The number of halogens is 1. The molecule has 1 rings (SSSR count). The molecule has 1 N–H and O–H groups in total. The molecule has 0 aliphatic heterocycles. The highest BCUT2D eigenvalue weighted by Crippen LogP contribution is 2.19. The topological polar surface area (TPSA) is 38.3 Å². The number of Topliss-reactive ketones (excluding diaryl/α,β-unsaturated/α-hetero) is 1. The molecule has 1 aromatic carbocycles. The molecule has 0 spiro atoms. The first-order valence-corrected chi connectivity index (χ1v) is 3.75. The lowest BCUT2D eigenvalue weighted by molar-refractivity contribution is 0.101. The largest absolute Gasteiger partial charge is 0.294 e. The van der Waals surface area contributed by atoms with E-state index in [0.29, 0.717) is 5.69 Å². The maximum atomic E-state index is 13.1. The number of nitrogens with one attached hydrogen (secondary N) is 1. The second kappa shape index (κ2) is 4.00. The Morgan fingerprint density at radius 2 is 2.23 bits per heavy atom. The molecule has 0 aliphatic carbocycles. The van der Waals surface area contributed by atoms with Gasteiger partial charge >= 0.3 is 0 Å². The highest BCUT2D eigenvalue weighted by molar-refractivity contribution is 5.99. The second-order valence-corrected chi connectivity index (χ2v) is 2.52. The Bertz CT molecular complexity index is 325. The third-order valence-corrected chi connectivity index (χ3v) is 1.58. The van der Waals surface area contributed by atoms with Crippen molar-refractivity contribution in [3.8, 4) is 0 Å². The van der Waals surface area contributed by atoms with E-state index in [1.807, 2.05) is 0 Å². The van der Waals surface area contributed by atoms with Gasteiger partial charge in [-0.2, -0.15) is 0 Å². The fraction of sp³-hybridized carbons (Fsp3) is 0.222. The van der Waals surface area contributed by atoms with E-state index in [4.69, 9.17) is 0 Å². The molecule has 0 fully saturated rings. The molecule has 0 saturated heterocycles. The Hall–Kier alpha value is -1.42. The summed E-state index contributed by atoms with van der Waals surface area (Å²) in [5, 5.41) is 0. The van der Waals surface area contributed by atoms with Crippen LogP contribution in [0.1, 0.15) is 17.3 Å². The lowest BCUT2D eigenvalue weighted by Gasteiger charge is -2.07. The van der Waals surface area contributed by atoms with Gasteiger partial charge in [0.15, 0.2) is 5.78 Å². The average molecular weight is 183 g/mol. The molecule has 3 nitrogen and oxygen atoms in total. The van der Waals surface area contributed by atoms with Crippen molar-refractivity contribution >= 4 is 11.5 Å². The van der Waals surface area contributed by atoms with Crippen LogP contribution < -0.4 is 5.48 Å². The van der Waals surface area contributed by atoms with E-state index in [0.717, 1.165) is 0 Å². The highest BCUT2D eigenvalue weighted by atomic mass is 19.1. The Morgan fingerprint density at radius 1 is 1.54 bits per heavy atom. The number of carbonyl (C=O) groups is 1. The van der Waals surface area contributed by atoms with Crippen LogP contribution >= 0.6 is 0 Å². The summed E-state index contributed by atoms with van der Waals surface area (Å²) in [5.41, 5.74) is 2.80. The maximum Gasteiger partial charge on any atom is 0.164 e. The van der Waals surface area contributed by atoms with Crippen molar-refractivity contribution in [3.05, 3.63) is 29.6 Å².